The van der Waals surface area contributed by atoms with Crippen LogP contribution in [0.25, 0.3) is 0 Å². The maximum atomic E-state index is 13.4. The second kappa shape index (κ2) is 9.15. The van der Waals surface area contributed by atoms with E-state index in [0.29, 0.717) is 42.2 Å². The van der Waals surface area contributed by atoms with Crippen LogP contribution in [0.4, 0.5) is 5.69 Å². The lowest BCUT2D eigenvalue weighted by molar-refractivity contribution is -0.122. The zero-order valence-corrected chi connectivity index (χ0v) is 19.0. The number of anilines is 1. The number of carbonyl (C=O) groups excluding carboxylic acids is 3. The van der Waals surface area contributed by atoms with Gasteiger partial charge in [-0.15, -0.1) is 0 Å². The predicted octanol–water partition coefficient (Wildman–Crippen LogP) is 4.00. The molecule has 2 aliphatic rings. The molecular weight excluding hydrogens is 402 g/mol. The smallest absolute Gasteiger partial charge is 0.256 e. The lowest BCUT2D eigenvalue weighted by atomic mass is 10.0. The fourth-order valence-corrected chi connectivity index (χ4v) is 4.79. The van der Waals surface area contributed by atoms with Crippen LogP contribution in [0.15, 0.2) is 48.5 Å². The number of nitrogens with one attached hydrogen (secondary N) is 1. The Morgan fingerprint density at radius 3 is 2.50 bits per heavy atom. The molecule has 1 saturated heterocycles. The molecule has 6 nitrogen and oxygen atoms in total. The van der Waals surface area contributed by atoms with E-state index >= 15 is 0 Å². The third-order valence-electron chi connectivity index (χ3n) is 6.25. The Morgan fingerprint density at radius 1 is 1.06 bits per heavy atom. The van der Waals surface area contributed by atoms with Crippen molar-refractivity contribution in [2.45, 2.75) is 58.7 Å². The van der Waals surface area contributed by atoms with Crippen molar-refractivity contribution in [2.75, 3.05) is 11.4 Å². The van der Waals surface area contributed by atoms with E-state index in [-0.39, 0.29) is 23.8 Å². The lowest BCUT2D eigenvalue weighted by Crippen LogP contribution is -2.44. The number of rotatable bonds is 6. The molecule has 2 atom stereocenters. The summed E-state index contributed by atoms with van der Waals surface area (Å²) in [4.78, 5) is 42.4. The molecule has 0 aromatic heterocycles. The summed E-state index contributed by atoms with van der Waals surface area (Å²) in [5, 5.41) is 3.04. The topological polar surface area (TPSA) is 69.7 Å². The quantitative estimate of drug-likeness (QED) is 0.749. The van der Waals surface area contributed by atoms with Gasteiger partial charge in [0.15, 0.2) is 0 Å². The van der Waals surface area contributed by atoms with E-state index in [4.69, 9.17) is 0 Å². The van der Waals surface area contributed by atoms with Gasteiger partial charge in [-0.3, -0.25) is 14.4 Å². The van der Waals surface area contributed by atoms with Crippen LogP contribution in [-0.2, 0) is 11.3 Å². The van der Waals surface area contributed by atoms with Crippen LogP contribution in [0.2, 0.25) is 0 Å². The number of hydrogen-bond donors (Lipinski definition) is 1. The van der Waals surface area contributed by atoms with Crippen LogP contribution in [0.5, 0.6) is 0 Å². The third kappa shape index (κ3) is 4.40. The first-order chi connectivity index (χ1) is 15.3. The van der Waals surface area contributed by atoms with Crippen LogP contribution in [0, 0.1) is 5.92 Å². The molecule has 1 N–H and O–H groups in total. The zero-order chi connectivity index (χ0) is 22.8. The van der Waals surface area contributed by atoms with Gasteiger partial charge in [-0.1, -0.05) is 38.1 Å². The van der Waals surface area contributed by atoms with Crippen LogP contribution >= 0.6 is 0 Å². The number of nitrogens with zero attached hydrogens (tertiary/aromatic N) is 2. The van der Waals surface area contributed by atoms with E-state index in [1.54, 1.807) is 28.0 Å². The molecule has 3 amide bonds. The maximum absolute atomic E-state index is 13.4. The summed E-state index contributed by atoms with van der Waals surface area (Å²) in [6, 6.07) is 14.4. The first-order valence-electron chi connectivity index (χ1n) is 11.5. The predicted molar refractivity (Wildman–Crippen MR) is 125 cm³/mol. The van der Waals surface area contributed by atoms with Gasteiger partial charge in [0.2, 0.25) is 5.91 Å². The van der Waals surface area contributed by atoms with Gasteiger partial charge in [0.25, 0.3) is 11.8 Å². The van der Waals surface area contributed by atoms with Crippen molar-refractivity contribution in [3.05, 3.63) is 65.2 Å². The van der Waals surface area contributed by atoms with Crippen molar-refractivity contribution in [1.82, 2.24) is 10.2 Å². The molecule has 0 aliphatic carbocycles. The van der Waals surface area contributed by atoms with Crippen LogP contribution in [-0.4, -0.2) is 41.2 Å². The van der Waals surface area contributed by atoms with Gasteiger partial charge in [-0.25, -0.2) is 0 Å². The number of para-hydroxylation sites is 1. The van der Waals surface area contributed by atoms with Gasteiger partial charge in [-0.2, -0.15) is 0 Å². The first kappa shape index (κ1) is 22.1. The minimum Gasteiger partial charge on any atom is -0.350 e. The SMILES string of the molecule is CC(C)CC(C)NC(=O)c1ccc(CN2C(=O)C3CCCN3C(=O)c3ccccc32)cc1. The van der Waals surface area contributed by atoms with Crippen molar-refractivity contribution in [2.24, 2.45) is 5.92 Å². The van der Waals surface area contributed by atoms with Gasteiger partial charge < -0.3 is 15.1 Å². The standard InChI is InChI=1S/C26H31N3O3/c1-17(2)15-18(3)27-24(30)20-12-10-19(11-13-20)16-29-22-8-5-4-7-21(22)25(31)28-14-6-9-23(28)26(29)32/h4-5,7-8,10-13,17-18,23H,6,9,14-16H2,1-3H3,(H,27,30). The molecule has 4 rings (SSSR count). The number of carbonyl (C=O) groups is 3. The molecule has 0 bridgehead atoms. The fourth-order valence-electron chi connectivity index (χ4n) is 4.79. The van der Waals surface area contributed by atoms with Crippen LogP contribution < -0.4 is 10.2 Å². The van der Waals surface area contributed by atoms with E-state index in [0.717, 1.165) is 18.4 Å². The van der Waals surface area contributed by atoms with E-state index in [9.17, 15) is 14.4 Å². The minimum absolute atomic E-state index is 0.0369. The Kier molecular flexibility index (Phi) is 6.31. The van der Waals surface area contributed by atoms with Crippen LogP contribution in [0.1, 0.15) is 66.3 Å². The van der Waals surface area contributed by atoms with E-state index in [1.165, 1.54) is 0 Å². The molecule has 32 heavy (non-hydrogen) atoms. The van der Waals surface area contributed by atoms with Gasteiger partial charge in [-0.05, 0) is 61.9 Å². The number of fused-ring (bicyclic) bond motifs is 2. The Balaban J connectivity index is 1.54. The Hall–Kier alpha value is -3.15. The molecule has 0 spiro atoms. The van der Waals surface area contributed by atoms with Crippen molar-refractivity contribution in [3.8, 4) is 0 Å². The Morgan fingerprint density at radius 2 is 1.78 bits per heavy atom. The summed E-state index contributed by atoms with van der Waals surface area (Å²) in [5.41, 5.74) is 2.74. The largest absolute Gasteiger partial charge is 0.350 e. The minimum atomic E-state index is -0.401. The number of benzene rings is 2. The summed E-state index contributed by atoms with van der Waals surface area (Å²) in [7, 11) is 0. The molecule has 0 radical (unpaired) electrons. The van der Waals surface area contributed by atoms with Gasteiger partial charge in [0.1, 0.15) is 6.04 Å². The van der Waals surface area contributed by atoms with Crippen LogP contribution in [0.3, 0.4) is 0 Å². The van der Waals surface area contributed by atoms with E-state index < -0.39 is 6.04 Å². The highest BCUT2D eigenvalue weighted by Gasteiger charge is 2.41. The second-order valence-electron chi connectivity index (χ2n) is 9.30. The third-order valence-corrected chi connectivity index (χ3v) is 6.25. The molecule has 2 heterocycles. The summed E-state index contributed by atoms with van der Waals surface area (Å²) in [6.07, 6.45) is 2.47. The van der Waals surface area contributed by atoms with Crippen molar-refractivity contribution in [1.29, 1.82) is 0 Å². The summed E-state index contributed by atoms with van der Waals surface area (Å²) in [5.74, 6) is 0.323. The molecule has 2 aromatic carbocycles. The van der Waals surface area contributed by atoms with E-state index in [2.05, 4.69) is 19.2 Å². The highest BCUT2D eigenvalue weighted by atomic mass is 16.2. The van der Waals surface area contributed by atoms with E-state index in [1.807, 2.05) is 37.3 Å². The monoisotopic (exact) mass is 433 g/mol. The number of hydrogen-bond acceptors (Lipinski definition) is 3. The van der Waals surface area contributed by atoms with Crippen molar-refractivity contribution < 1.29 is 14.4 Å². The van der Waals surface area contributed by atoms with Crippen molar-refractivity contribution >= 4 is 23.4 Å². The molecule has 2 unspecified atom stereocenters. The van der Waals surface area contributed by atoms with Gasteiger partial charge >= 0.3 is 0 Å². The lowest BCUT2D eigenvalue weighted by Gasteiger charge is -2.26. The van der Waals surface area contributed by atoms with Gasteiger partial charge in [0, 0.05) is 18.2 Å². The molecular formula is C26H31N3O3. The average molecular weight is 434 g/mol. The maximum Gasteiger partial charge on any atom is 0.256 e. The number of amides is 3. The highest BCUT2D eigenvalue weighted by molar-refractivity contribution is 6.11. The first-order valence-corrected chi connectivity index (χ1v) is 11.5. The average Bonchev–Trinajstić information content (AvgIpc) is 3.23. The molecule has 0 saturated carbocycles. The molecule has 2 aromatic rings. The molecule has 168 valence electrons. The van der Waals surface area contributed by atoms with Gasteiger partial charge in [0.05, 0.1) is 17.8 Å². The molecule has 2 aliphatic heterocycles. The summed E-state index contributed by atoms with van der Waals surface area (Å²) in [6.45, 7) is 7.27. The molecule has 6 heteroatoms. The Bertz CT molecular complexity index is 1020. The molecule has 1 fully saturated rings. The Labute approximate surface area is 189 Å². The summed E-state index contributed by atoms with van der Waals surface area (Å²) >= 11 is 0. The second-order valence-corrected chi connectivity index (χ2v) is 9.30. The highest BCUT2D eigenvalue weighted by Crippen LogP contribution is 2.33. The fraction of sp³-hybridized carbons (Fsp3) is 0.423. The summed E-state index contributed by atoms with van der Waals surface area (Å²) < 4.78 is 0. The normalized spacial score (nSPS) is 18.9. The zero-order valence-electron chi connectivity index (χ0n) is 19.0. The van der Waals surface area contributed by atoms with Crippen molar-refractivity contribution in [3.63, 3.8) is 0 Å².